The van der Waals surface area contributed by atoms with Crippen LogP contribution in [0.15, 0.2) is 0 Å². The summed E-state index contributed by atoms with van der Waals surface area (Å²) in [4.78, 5) is 13.8. The van der Waals surface area contributed by atoms with Crippen LogP contribution in [0.2, 0.25) is 0 Å². The van der Waals surface area contributed by atoms with Gasteiger partial charge in [0, 0.05) is 20.1 Å². The Morgan fingerprint density at radius 2 is 2.33 bits per heavy atom. The van der Waals surface area contributed by atoms with Crippen molar-refractivity contribution in [2.75, 3.05) is 26.7 Å². The number of nitrogens with zero attached hydrogens (tertiary/aromatic N) is 1. The van der Waals surface area contributed by atoms with Gasteiger partial charge in [0.1, 0.15) is 0 Å². The van der Waals surface area contributed by atoms with Crippen LogP contribution in [0, 0.1) is 5.41 Å². The van der Waals surface area contributed by atoms with Crippen molar-refractivity contribution in [2.45, 2.75) is 32.8 Å². The minimum Gasteiger partial charge on any atom is -0.392 e. The molecule has 1 rings (SSSR count). The number of likely N-dealkylation sites (N-methyl/N-ethyl adjacent to an activating group) is 1. The number of nitrogens with one attached hydrogen (secondary N) is 1. The minimum atomic E-state index is -0.459. The lowest BCUT2D eigenvalue weighted by Crippen LogP contribution is -2.50. The number of hydrogen-bond acceptors (Lipinski definition) is 3. The predicted molar refractivity (Wildman–Crippen MR) is 59.5 cm³/mol. The number of aliphatic hydroxyl groups is 1. The standard InChI is InChI=1S/C11H22N2O2/c1-9(14)7-13(3)10(15)11(2)5-4-6-12-8-11/h9,12,14H,4-8H2,1-3H3. The molecule has 0 aromatic heterocycles. The van der Waals surface area contributed by atoms with E-state index in [1.54, 1.807) is 18.9 Å². The van der Waals surface area contributed by atoms with Crippen LogP contribution in [0.5, 0.6) is 0 Å². The highest BCUT2D eigenvalue weighted by Gasteiger charge is 2.36. The van der Waals surface area contributed by atoms with E-state index in [1.807, 2.05) is 6.92 Å². The molecule has 2 unspecified atom stereocenters. The summed E-state index contributed by atoms with van der Waals surface area (Å²) in [6.07, 6.45) is 1.52. The quantitative estimate of drug-likeness (QED) is 0.706. The molecule has 0 spiro atoms. The summed E-state index contributed by atoms with van der Waals surface area (Å²) >= 11 is 0. The fraction of sp³-hybridized carbons (Fsp3) is 0.909. The van der Waals surface area contributed by atoms with Crippen LogP contribution in [0.3, 0.4) is 0 Å². The second-order valence-corrected chi connectivity index (χ2v) is 4.88. The molecule has 1 heterocycles. The topological polar surface area (TPSA) is 52.6 Å². The first-order chi connectivity index (χ1) is 6.96. The van der Waals surface area contributed by atoms with Crippen molar-refractivity contribution in [2.24, 2.45) is 5.41 Å². The zero-order valence-corrected chi connectivity index (χ0v) is 9.92. The first-order valence-corrected chi connectivity index (χ1v) is 5.60. The second-order valence-electron chi connectivity index (χ2n) is 4.88. The van der Waals surface area contributed by atoms with Gasteiger partial charge in [0.25, 0.3) is 0 Å². The van der Waals surface area contributed by atoms with Gasteiger partial charge in [-0.2, -0.15) is 0 Å². The molecule has 4 nitrogen and oxygen atoms in total. The van der Waals surface area contributed by atoms with Crippen molar-refractivity contribution in [1.29, 1.82) is 0 Å². The molecule has 1 saturated heterocycles. The van der Waals surface area contributed by atoms with Gasteiger partial charge in [-0.3, -0.25) is 4.79 Å². The average Bonchev–Trinajstić information content (AvgIpc) is 2.16. The van der Waals surface area contributed by atoms with E-state index in [4.69, 9.17) is 0 Å². The highest BCUT2D eigenvalue weighted by Crippen LogP contribution is 2.27. The monoisotopic (exact) mass is 214 g/mol. The van der Waals surface area contributed by atoms with Gasteiger partial charge in [-0.1, -0.05) is 0 Å². The third kappa shape index (κ3) is 3.18. The molecular weight excluding hydrogens is 192 g/mol. The fourth-order valence-electron chi connectivity index (χ4n) is 2.18. The van der Waals surface area contributed by atoms with Crippen molar-refractivity contribution >= 4 is 5.91 Å². The second kappa shape index (κ2) is 4.94. The molecule has 1 fully saturated rings. The van der Waals surface area contributed by atoms with Crippen LogP contribution in [0.4, 0.5) is 0 Å². The SMILES string of the molecule is CC(O)CN(C)C(=O)C1(C)CCCNC1. The summed E-state index contributed by atoms with van der Waals surface area (Å²) < 4.78 is 0. The minimum absolute atomic E-state index is 0.135. The van der Waals surface area contributed by atoms with Gasteiger partial charge in [0.05, 0.1) is 11.5 Å². The summed E-state index contributed by atoms with van der Waals surface area (Å²) in [6, 6.07) is 0. The lowest BCUT2D eigenvalue weighted by molar-refractivity contribution is -0.142. The number of carbonyl (C=O) groups is 1. The van der Waals surface area contributed by atoms with E-state index in [-0.39, 0.29) is 11.3 Å². The Labute approximate surface area is 91.6 Å². The molecule has 0 radical (unpaired) electrons. The number of hydrogen-bond donors (Lipinski definition) is 2. The maximum Gasteiger partial charge on any atom is 0.229 e. The average molecular weight is 214 g/mol. The molecule has 2 atom stereocenters. The van der Waals surface area contributed by atoms with Crippen molar-refractivity contribution in [3.63, 3.8) is 0 Å². The maximum atomic E-state index is 12.1. The zero-order chi connectivity index (χ0) is 11.5. The van der Waals surface area contributed by atoms with Crippen LogP contribution < -0.4 is 5.32 Å². The Bertz CT molecular complexity index is 223. The molecule has 0 aromatic rings. The van der Waals surface area contributed by atoms with Crippen LogP contribution in [-0.4, -0.2) is 48.7 Å². The Hall–Kier alpha value is -0.610. The predicted octanol–water partition coefficient (Wildman–Crippen LogP) is 0.215. The lowest BCUT2D eigenvalue weighted by atomic mass is 9.81. The number of amides is 1. The first-order valence-electron chi connectivity index (χ1n) is 5.60. The van der Waals surface area contributed by atoms with E-state index >= 15 is 0 Å². The number of piperidine rings is 1. The summed E-state index contributed by atoms with van der Waals surface area (Å²) in [6.45, 7) is 5.86. The Morgan fingerprint density at radius 1 is 1.67 bits per heavy atom. The number of rotatable bonds is 3. The van der Waals surface area contributed by atoms with E-state index in [9.17, 15) is 9.90 Å². The first kappa shape index (κ1) is 12.5. The Morgan fingerprint density at radius 3 is 2.80 bits per heavy atom. The molecular formula is C11H22N2O2. The molecule has 0 aromatic carbocycles. The van der Waals surface area contributed by atoms with Crippen molar-refractivity contribution < 1.29 is 9.90 Å². The molecule has 0 saturated carbocycles. The van der Waals surface area contributed by atoms with Crippen LogP contribution in [-0.2, 0) is 4.79 Å². The van der Waals surface area contributed by atoms with Gasteiger partial charge in [0.2, 0.25) is 5.91 Å². The summed E-state index contributed by atoms with van der Waals surface area (Å²) in [7, 11) is 1.76. The number of aliphatic hydroxyl groups excluding tert-OH is 1. The van der Waals surface area contributed by atoms with Gasteiger partial charge >= 0.3 is 0 Å². The van der Waals surface area contributed by atoms with Crippen LogP contribution in [0.1, 0.15) is 26.7 Å². The summed E-state index contributed by atoms with van der Waals surface area (Å²) in [5.74, 6) is 0.135. The van der Waals surface area contributed by atoms with E-state index in [0.29, 0.717) is 6.54 Å². The lowest BCUT2D eigenvalue weighted by Gasteiger charge is -2.36. The van der Waals surface area contributed by atoms with Crippen molar-refractivity contribution in [3.05, 3.63) is 0 Å². The number of carbonyl (C=O) groups excluding carboxylic acids is 1. The fourth-order valence-corrected chi connectivity index (χ4v) is 2.18. The van der Waals surface area contributed by atoms with Gasteiger partial charge in [-0.25, -0.2) is 0 Å². The van der Waals surface area contributed by atoms with E-state index in [0.717, 1.165) is 25.9 Å². The molecule has 2 N–H and O–H groups in total. The molecule has 0 bridgehead atoms. The highest BCUT2D eigenvalue weighted by molar-refractivity contribution is 5.82. The van der Waals surface area contributed by atoms with Crippen LogP contribution in [0.25, 0.3) is 0 Å². The summed E-state index contributed by atoms with van der Waals surface area (Å²) in [5, 5.41) is 12.5. The molecule has 4 heteroatoms. The zero-order valence-electron chi connectivity index (χ0n) is 9.92. The van der Waals surface area contributed by atoms with E-state index in [1.165, 1.54) is 0 Å². The van der Waals surface area contributed by atoms with E-state index in [2.05, 4.69) is 5.32 Å². The van der Waals surface area contributed by atoms with Gasteiger partial charge in [-0.15, -0.1) is 0 Å². The van der Waals surface area contributed by atoms with Gasteiger partial charge in [0.15, 0.2) is 0 Å². The molecule has 0 aliphatic carbocycles. The molecule has 1 aliphatic rings. The summed E-state index contributed by atoms with van der Waals surface area (Å²) in [5.41, 5.74) is -0.290. The molecule has 15 heavy (non-hydrogen) atoms. The maximum absolute atomic E-state index is 12.1. The molecule has 1 amide bonds. The largest absolute Gasteiger partial charge is 0.392 e. The van der Waals surface area contributed by atoms with Crippen molar-refractivity contribution in [1.82, 2.24) is 10.2 Å². The third-order valence-corrected chi connectivity index (χ3v) is 3.00. The highest BCUT2D eigenvalue weighted by atomic mass is 16.3. The van der Waals surface area contributed by atoms with Crippen molar-refractivity contribution in [3.8, 4) is 0 Å². The Kier molecular flexibility index (Phi) is 4.11. The van der Waals surface area contributed by atoms with E-state index < -0.39 is 6.10 Å². The van der Waals surface area contributed by atoms with Gasteiger partial charge in [-0.05, 0) is 33.2 Å². The Balaban J connectivity index is 2.57. The third-order valence-electron chi connectivity index (χ3n) is 3.00. The molecule has 88 valence electrons. The van der Waals surface area contributed by atoms with Gasteiger partial charge < -0.3 is 15.3 Å². The normalized spacial score (nSPS) is 28.5. The molecule has 1 aliphatic heterocycles. The van der Waals surface area contributed by atoms with Crippen LogP contribution >= 0.6 is 0 Å². The smallest absolute Gasteiger partial charge is 0.229 e.